The molecule has 0 bridgehead atoms. The van der Waals surface area contributed by atoms with E-state index >= 15 is 0 Å². The van der Waals surface area contributed by atoms with Crippen LogP contribution in [0.4, 0.5) is 16.2 Å². The molecule has 0 unspecified atom stereocenters. The molecule has 1 N–H and O–H groups in total. The fraction of sp³-hybridized carbons (Fsp3) is 0.286. The third-order valence-electron chi connectivity index (χ3n) is 6.27. The zero-order valence-corrected chi connectivity index (χ0v) is 20.2. The van der Waals surface area contributed by atoms with Gasteiger partial charge in [0.15, 0.2) is 0 Å². The van der Waals surface area contributed by atoms with Crippen molar-refractivity contribution in [3.05, 3.63) is 88.5 Å². The molecule has 0 atom stereocenters. The van der Waals surface area contributed by atoms with Crippen molar-refractivity contribution < 1.29 is 14.3 Å². The van der Waals surface area contributed by atoms with Gasteiger partial charge in [-0.2, -0.15) is 0 Å². The van der Waals surface area contributed by atoms with E-state index in [2.05, 4.69) is 38.2 Å². The molecule has 34 heavy (non-hydrogen) atoms. The molecule has 3 amide bonds. The molecule has 3 aromatic rings. The number of hydrogen-bond donors (Lipinski definition) is 1. The maximum absolute atomic E-state index is 13.3. The highest BCUT2D eigenvalue weighted by atomic mass is 16.5. The van der Waals surface area contributed by atoms with Crippen LogP contribution in [0.15, 0.2) is 60.7 Å². The molecule has 176 valence electrons. The monoisotopic (exact) mass is 457 g/mol. The van der Waals surface area contributed by atoms with E-state index in [0.717, 1.165) is 18.7 Å². The van der Waals surface area contributed by atoms with Crippen molar-refractivity contribution in [2.75, 3.05) is 30.4 Å². The highest BCUT2D eigenvalue weighted by Gasteiger charge is 2.27. The Bertz CT molecular complexity index is 1180. The van der Waals surface area contributed by atoms with Crippen molar-refractivity contribution in [1.29, 1.82) is 0 Å². The molecule has 1 fully saturated rings. The van der Waals surface area contributed by atoms with E-state index in [-0.39, 0.29) is 11.9 Å². The maximum atomic E-state index is 13.3. The van der Waals surface area contributed by atoms with Crippen molar-refractivity contribution in [2.24, 2.45) is 0 Å². The van der Waals surface area contributed by atoms with Crippen LogP contribution in [0.25, 0.3) is 0 Å². The number of urea groups is 1. The quantitative estimate of drug-likeness (QED) is 0.516. The van der Waals surface area contributed by atoms with E-state index in [1.54, 1.807) is 31.4 Å². The largest absolute Gasteiger partial charge is 0.497 e. The van der Waals surface area contributed by atoms with Crippen molar-refractivity contribution in [3.8, 4) is 5.75 Å². The number of aryl methyl sites for hydroxylation is 3. The van der Waals surface area contributed by atoms with Crippen LogP contribution in [0.2, 0.25) is 0 Å². The minimum atomic E-state index is -0.212. The van der Waals surface area contributed by atoms with Crippen molar-refractivity contribution >= 4 is 23.3 Å². The lowest BCUT2D eigenvalue weighted by atomic mass is 9.99. The summed E-state index contributed by atoms with van der Waals surface area (Å²) < 4.78 is 5.19. The van der Waals surface area contributed by atoms with E-state index in [1.807, 2.05) is 34.1 Å². The molecule has 0 aromatic heterocycles. The first-order valence-corrected chi connectivity index (χ1v) is 11.5. The van der Waals surface area contributed by atoms with Crippen LogP contribution in [0.1, 0.15) is 39.0 Å². The lowest BCUT2D eigenvalue weighted by molar-refractivity contribution is 0.102. The van der Waals surface area contributed by atoms with E-state index < -0.39 is 0 Å². The van der Waals surface area contributed by atoms with Crippen LogP contribution in [0.5, 0.6) is 5.75 Å². The SMILES string of the molecule is COc1cccc(C(=O)Nc2ccc(N3CCCN(Cc4c(C)cc(C)cc4C)C3=O)cc2)c1. The molecule has 3 aromatic carbocycles. The number of methoxy groups -OCH3 is 1. The van der Waals surface area contributed by atoms with Gasteiger partial charge >= 0.3 is 6.03 Å². The molecule has 4 rings (SSSR count). The molecule has 0 aliphatic carbocycles. The Morgan fingerprint density at radius 2 is 1.68 bits per heavy atom. The fourth-order valence-corrected chi connectivity index (χ4v) is 4.51. The lowest BCUT2D eigenvalue weighted by Gasteiger charge is -2.36. The molecule has 0 radical (unpaired) electrons. The summed E-state index contributed by atoms with van der Waals surface area (Å²) in [4.78, 5) is 29.6. The van der Waals surface area contributed by atoms with Gasteiger partial charge in [-0.25, -0.2) is 4.79 Å². The third kappa shape index (κ3) is 5.06. The van der Waals surface area contributed by atoms with Crippen LogP contribution in [0, 0.1) is 20.8 Å². The van der Waals surface area contributed by atoms with E-state index in [9.17, 15) is 9.59 Å². The second-order valence-electron chi connectivity index (χ2n) is 8.82. The molecule has 0 spiro atoms. The number of nitrogens with one attached hydrogen (secondary N) is 1. The summed E-state index contributed by atoms with van der Waals surface area (Å²) in [6.45, 7) is 8.36. The fourth-order valence-electron chi connectivity index (χ4n) is 4.51. The molecule has 6 heteroatoms. The summed E-state index contributed by atoms with van der Waals surface area (Å²) in [7, 11) is 1.57. The van der Waals surface area contributed by atoms with Crippen LogP contribution in [-0.2, 0) is 6.54 Å². The summed E-state index contributed by atoms with van der Waals surface area (Å²) in [5, 5.41) is 2.90. The van der Waals surface area contributed by atoms with Gasteiger partial charge in [0.05, 0.1) is 7.11 Å². The molecule has 1 heterocycles. The van der Waals surface area contributed by atoms with Gasteiger partial charge in [-0.15, -0.1) is 0 Å². The Morgan fingerprint density at radius 1 is 0.971 bits per heavy atom. The van der Waals surface area contributed by atoms with Gasteiger partial charge in [0.25, 0.3) is 5.91 Å². The van der Waals surface area contributed by atoms with E-state index in [1.165, 1.54) is 22.3 Å². The third-order valence-corrected chi connectivity index (χ3v) is 6.27. The number of nitrogens with zero attached hydrogens (tertiary/aromatic N) is 2. The lowest BCUT2D eigenvalue weighted by Crippen LogP contribution is -2.49. The van der Waals surface area contributed by atoms with Crippen molar-refractivity contribution in [1.82, 2.24) is 4.90 Å². The van der Waals surface area contributed by atoms with E-state index in [4.69, 9.17) is 4.74 Å². The van der Waals surface area contributed by atoms with Gasteiger partial charge < -0.3 is 15.0 Å². The van der Waals surface area contributed by atoms with Crippen molar-refractivity contribution in [3.63, 3.8) is 0 Å². The Balaban J connectivity index is 1.45. The molecular weight excluding hydrogens is 426 g/mol. The number of ether oxygens (including phenoxy) is 1. The number of hydrogen-bond acceptors (Lipinski definition) is 3. The smallest absolute Gasteiger partial charge is 0.324 e. The molecule has 6 nitrogen and oxygen atoms in total. The first-order valence-electron chi connectivity index (χ1n) is 11.5. The molecule has 0 saturated carbocycles. The molecule has 1 aliphatic rings. The number of amides is 3. The molecule has 1 aliphatic heterocycles. The second-order valence-corrected chi connectivity index (χ2v) is 8.82. The van der Waals surface area contributed by atoms with Crippen LogP contribution in [0.3, 0.4) is 0 Å². The minimum absolute atomic E-state index is 0.0128. The normalized spacial score (nSPS) is 13.7. The van der Waals surface area contributed by atoms with Crippen LogP contribution in [-0.4, -0.2) is 37.0 Å². The zero-order valence-electron chi connectivity index (χ0n) is 20.2. The number of carbonyl (C=O) groups excluding carboxylic acids is 2. The van der Waals surface area contributed by atoms with Crippen LogP contribution >= 0.6 is 0 Å². The summed E-state index contributed by atoms with van der Waals surface area (Å²) >= 11 is 0. The number of carbonyl (C=O) groups is 2. The summed E-state index contributed by atoms with van der Waals surface area (Å²) in [5.74, 6) is 0.419. The summed E-state index contributed by atoms with van der Waals surface area (Å²) in [6, 6.07) is 18.8. The topological polar surface area (TPSA) is 61.9 Å². The van der Waals surface area contributed by atoms with Gasteiger partial charge in [0, 0.05) is 36.6 Å². The maximum Gasteiger partial charge on any atom is 0.324 e. The predicted molar refractivity (Wildman–Crippen MR) is 136 cm³/mol. The Hall–Kier alpha value is -3.80. The first-order chi connectivity index (χ1) is 16.4. The van der Waals surface area contributed by atoms with E-state index in [0.29, 0.717) is 30.1 Å². The second kappa shape index (κ2) is 10.00. The minimum Gasteiger partial charge on any atom is -0.497 e. The zero-order chi connectivity index (χ0) is 24.2. The van der Waals surface area contributed by atoms with Gasteiger partial charge in [0.2, 0.25) is 0 Å². The summed E-state index contributed by atoms with van der Waals surface area (Å²) in [5.41, 5.74) is 6.92. The average molecular weight is 458 g/mol. The van der Waals surface area contributed by atoms with Gasteiger partial charge in [0.1, 0.15) is 5.75 Å². The Kier molecular flexibility index (Phi) is 6.87. The van der Waals surface area contributed by atoms with Crippen molar-refractivity contribution in [2.45, 2.75) is 33.7 Å². The van der Waals surface area contributed by atoms with Gasteiger partial charge in [-0.05, 0) is 86.3 Å². The Labute approximate surface area is 201 Å². The molecule has 1 saturated heterocycles. The Morgan fingerprint density at radius 3 is 2.35 bits per heavy atom. The van der Waals surface area contributed by atoms with Crippen LogP contribution < -0.4 is 15.0 Å². The average Bonchev–Trinajstić information content (AvgIpc) is 2.83. The predicted octanol–water partition coefficient (Wildman–Crippen LogP) is 5.71. The number of rotatable bonds is 6. The first kappa shape index (κ1) is 23.4. The summed E-state index contributed by atoms with van der Waals surface area (Å²) in [6.07, 6.45) is 0.907. The number of benzene rings is 3. The highest BCUT2D eigenvalue weighted by Crippen LogP contribution is 2.25. The standard InChI is InChI=1S/C28H31N3O3/c1-19-15-20(2)26(21(3)16-19)18-30-13-6-14-31(28(30)33)24-11-9-23(10-12-24)29-27(32)22-7-5-8-25(17-22)34-4/h5,7-12,15-17H,6,13-14,18H2,1-4H3,(H,29,32). The molecular formula is C28H31N3O3. The van der Waals surface area contributed by atoms with Gasteiger partial charge in [-0.1, -0.05) is 23.8 Å². The number of anilines is 2. The van der Waals surface area contributed by atoms with Gasteiger partial charge in [-0.3, -0.25) is 9.69 Å². The highest BCUT2D eigenvalue weighted by molar-refractivity contribution is 6.04.